The van der Waals surface area contributed by atoms with Crippen LogP contribution in [0, 0.1) is 5.92 Å². The molecule has 0 radical (unpaired) electrons. The van der Waals surface area contributed by atoms with Crippen molar-refractivity contribution in [3.8, 4) is 0 Å². The molecule has 0 saturated carbocycles. The molecule has 1 aromatic heterocycles. The van der Waals surface area contributed by atoms with E-state index in [2.05, 4.69) is 9.82 Å². The summed E-state index contributed by atoms with van der Waals surface area (Å²) in [4.78, 5) is 0.0425. The minimum Gasteiger partial charge on any atom is -0.381 e. The van der Waals surface area contributed by atoms with E-state index < -0.39 is 10.0 Å². The summed E-state index contributed by atoms with van der Waals surface area (Å²) >= 11 is 0. The van der Waals surface area contributed by atoms with Crippen molar-refractivity contribution >= 4 is 15.8 Å². The lowest BCUT2D eigenvalue weighted by molar-refractivity contribution is 0.107. The zero-order chi connectivity index (χ0) is 14.0. The van der Waals surface area contributed by atoms with Crippen LogP contribution in [0.1, 0.15) is 20.3 Å². The molecule has 2 rings (SSSR count). The average molecular weight is 288 g/mol. The van der Waals surface area contributed by atoms with Gasteiger partial charge in [-0.3, -0.25) is 4.68 Å². The summed E-state index contributed by atoms with van der Waals surface area (Å²) in [5.41, 5.74) is 5.64. The van der Waals surface area contributed by atoms with Gasteiger partial charge in [-0.05, 0) is 20.3 Å². The highest BCUT2D eigenvalue weighted by Crippen LogP contribution is 2.21. The number of hydrogen-bond acceptors (Lipinski definition) is 5. The summed E-state index contributed by atoms with van der Waals surface area (Å²) in [5, 5.41) is 3.94. The van der Waals surface area contributed by atoms with Gasteiger partial charge >= 0.3 is 0 Å². The van der Waals surface area contributed by atoms with Crippen LogP contribution in [0.5, 0.6) is 0 Å². The predicted octanol–water partition coefficient (Wildman–Crippen LogP) is 0.189. The Kier molecular flexibility index (Phi) is 4.12. The maximum Gasteiger partial charge on any atom is 0.245 e. The molecular weight excluding hydrogens is 268 g/mol. The lowest BCUT2D eigenvalue weighted by Crippen LogP contribution is -2.32. The molecule has 3 N–H and O–H groups in total. The van der Waals surface area contributed by atoms with Crippen molar-refractivity contribution < 1.29 is 13.2 Å². The first kappa shape index (κ1) is 14.3. The van der Waals surface area contributed by atoms with Gasteiger partial charge in [-0.2, -0.15) is 5.10 Å². The van der Waals surface area contributed by atoms with Crippen LogP contribution in [0.4, 0.5) is 5.82 Å². The standard InChI is InChI=1S/C11H20N4O3S/c1-3-15-7-10(11(12)14-15)19(16,17)13-6-9-4-5-18-8(9)2/h7-9,13H,3-6H2,1-2H3,(H2,12,14). The second-order valence-corrected chi connectivity index (χ2v) is 6.45. The number of nitrogens with two attached hydrogens (primary N) is 1. The SMILES string of the molecule is CCn1cc(S(=O)(=O)NCC2CCOC2C)c(N)n1. The largest absolute Gasteiger partial charge is 0.381 e. The Balaban J connectivity index is 2.07. The highest BCUT2D eigenvalue weighted by atomic mass is 32.2. The van der Waals surface area contributed by atoms with Crippen molar-refractivity contribution in [1.29, 1.82) is 0 Å². The van der Waals surface area contributed by atoms with Gasteiger partial charge in [0, 0.05) is 31.8 Å². The van der Waals surface area contributed by atoms with Crippen molar-refractivity contribution in [1.82, 2.24) is 14.5 Å². The van der Waals surface area contributed by atoms with E-state index in [9.17, 15) is 8.42 Å². The predicted molar refractivity (Wildman–Crippen MR) is 71.0 cm³/mol. The molecule has 1 aliphatic heterocycles. The minimum absolute atomic E-state index is 0.0325. The molecule has 1 aliphatic rings. The number of nitrogens with one attached hydrogen (secondary N) is 1. The zero-order valence-electron chi connectivity index (χ0n) is 11.2. The summed E-state index contributed by atoms with van der Waals surface area (Å²) in [6.45, 7) is 5.44. The fourth-order valence-electron chi connectivity index (χ4n) is 2.13. The molecule has 0 spiro atoms. The summed E-state index contributed by atoms with van der Waals surface area (Å²) < 4.78 is 33.8. The number of aromatic nitrogens is 2. The Morgan fingerprint density at radius 3 is 2.89 bits per heavy atom. The second-order valence-electron chi connectivity index (χ2n) is 4.71. The first-order chi connectivity index (χ1) is 8.94. The van der Waals surface area contributed by atoms with Gasteiger partial charge in [0.1, 0.15) is 4.90 Å². The van der Waals surface area contributed by atoms with Crippen LogP contribution >= 0.6 is 0 Å². The van der Waals surface area contributed by atoms with Crippen LogP contribution in [0.25, 0.3) is 0 Å². The normalized spacial score (nSPS) is 23.9. The van der Waals surface area contributed by atoms with Gasteiger partial charge < -0.3 is 10.5 Å². The Bertz CT molecular complexity index is 540. The highest BCUT2D eigenvalue weighted by Gasteiger charge is 2.27. The van der Waals surface area contributed by atoms with Crippen LogP contribution in [-0.4, -0.2) is 37.5 Å². The van der Waals surface area contributed by atoms with E-state index in [-0.39, 0.29) is 22.7 Å². The van der Waals surface area contributed by atoms with Crippen molar-refractivity contribution in [3.05, 3.63) is 6.20 Å². The van der Waals surface area contributed by atoms with E-state index in [1.165, 1.54) is 10.9 Å². The third kappa shape index (κ3) is 3.07. The topological polar surface area (TPSA) is 99.2 Å². The first-order valence-corrected chi connectivity index (χ1v) is 7.86. The lowest BCUT2D eigenvalue weighted by Gasteiger charge is -2.14. The molecule has 7 nitrogen and oxygen atoms in total. The third-order valence-corrected chi connectivity index (χ3v) is 4.88. The molecule has 0 aromatic carbocycles. The van der Waals surface area contributed by atoms with Gasteiger partial charge in [0.2, 0.25) is 10.0 Å². The number of hydrogen-bond donors (Lipinski definition) is 2. The highest BCUT2D eigenvalue weighted by molar-refractivity contribution is 7.89. The van der Waals surface area contributed by atoms with E-state index in [1.807, 2.05) is 13.8 Å². The van der Waals surface area contributed by atoms with Gasteiger partial charge in [0.25, 0.3) is 0 Å². The van der Waals surface area contributed by atoms with Gasteiger partial charge in [0.15, 0.2) is 5.82 Å². The number of rotatable bonds is 5. The Hall–Kier alpha value is -1.12. The molecule has 2 atom stereocenters. The monoisotopic (exact) mass is 288 g/mol. The maximum atomic E-state index is 12.2. The fourth-order valence-corrected chi connectivity index (χ4v) is 3.29. The van der Waals surface area contributed by atoms with E-state index in [4.69, 9.17) is 10.5 Å². The van der Waals surface area contributed by atoms with Gasteiger partial charge in [-0.15, -0.1) is 0 Å². The second kappa shape index (κ2) is 5.48. The number of nitrogens with zero attached hydrogens (tertiary/aromatic N) is 2. The van der Waals surface area contributed by atoms with Gasteiger partial charge in [0.05, 0.1) is 6.10 Å². The first-order valence-electron chi connectivity index (χ1n) is 6.38. The van der Waals surface area contributed by atoms with Gasteiger partial charge in [-0.1, -0.05) is 0 Å². The van der Waals surface area contributed by atoms with Crippen LogP contribution in [0.15, 0.2) is 11.1 Å². The smallest absolute Gasteiger partial charge is 0.245 e. The summed E-state index contributed by atoms with van der Waals surface area (Å²) in [6, 6.07) is 0. The number of aryl methyl sites for hydroxylation is 1. The molecule has 2 heterocycles. The molecule has 19 heavy (non-hydrogen) atoms. The van der Waals surface area contributed by atoms with Crippen LogP contribution < -0.4 is 10.5 Å². The van der Waals surface area contributed by atoms with E-state index in [1.54, 1.807) is 0 Å². The Labute approximate surface area is 113 Å². The molecule has 1 fully saturated rings. The summed E-state index contributed by atoms with van der Waals surface area (Å²) in [7, 11) is -3.60. The van der Waals surface area contributed by atoms with Crippen molar-refractivity contribution in [2.45, 2.75) is 37.8 Å². The molecule has 2 unspecified atom stereocenters. The Morgan fingerprint density at radius 1 is 1.63 bits per heavy atom. The van der Waals surface area contributed by atoms with E-state index in [0.29, 0.717) is 19.7 Å². The van der Waals surface area contributed by atoms with Crippen molar-refractivity contribution in [3.63, 3.8) is 0 Å². The van der Waals surface area contributed by atoms with E-state index >= 15 is 0 Å². The molecule has 0 bridgehead atoms. The Morgan fingerprint density at radius 2 is 2.37 bits per heavy atom. The fraction of sp³-hybridized carbons (Fsp3) is 0.727. The molecule has 108 valence electrons. The minimum atomic E-state index is -3.60. The van der Waals surface area contributed by atoms with Crippen LogP contribution in [-0.2, 0) is 21.3 Å². The van der Waals surface area contributed by atoms with E-state index in [0.717, 1.165) is 6.42 Å². The molecule has 8 heteroatoms. The number of sulfonamides is 1. The molecule has 1 saturated heterocycles. The molecule has 0 amide bonds. The van der Waals surface area contributed by atoms with Crippen molar-refractivity contribution in [2.75, 3.05) is 18.9 Å². The maximum absolute atomic E-state index is 12.2. The third-order valence-electron chi connectivity index (χ3n) is 3.44. The van der Waals surface area contributed by atoms with Crippen molar-refractivity contribution in [2.24, 2.45) is 5.92 Å². The number of anilines is 1. The summed E-state index contributed by atoms with van der Waals surface area (Å²) in [6.07, 6.45) is 2.40. The quantitative estimate of drug-likeness (QED) is 0.805. The average Bonchev–Trinajstić information content (AvgIpc) is 2.93. The zero-order valence-corrected chi connectivity index (χ0v) is 12.0. The molecule has 1 aromatic rings. The number of nitrogen functional groups attached to an aromatic ring is 1. The summed E-state index contributed by atoms with van der Waals surface area (Å²) in [5.74, 6) is 0.238. The lowest BCUT2D eigenvalue weighted by atomic mass is 10.0. The molecule has 0 aliphatic carbocycles. The van der Waals surface area contributed by atoms with Crippen LogP contribution in [0.2, 0.25) is 0 Å². The number of ether oxygens (including phenoxy) is 1. The van der Waals surface area contributed by atoms with Crippen LogP contribution in [0.3, 0.4) is 0 Å². The molecular formula is C11H20N4O3S. The van der Waals surface area contributed by atoms with Gasteiger partial charge in [-0.25, -0.2) is 13.1 Å².